The zero-order valence-corrected chi connectivity index (χ0v) is 27.3. The first-order chi connectivity index (χ1) is 22.5. The van der Waals surface area contributed by atoms with Gasteiger partial charge in [-0.25, -0.2) is 13.4 Å². The van der Waals surface area contributed by atoms with Gasteiger partial charge in [0.1, 0.15) is 5.75 Å². The first kappa shape index (κ1) is 31.1. The van der Waals surface area contributed by atoms with Gasteiger partial charge in [0.25, 0.3) is 15.9 Å². The Morgan fingerprint density at radius 3 is 2.47 bits per heavy atom. The summed E-state index contributed by atoms with van der Waals surface area (Å²) in [6.07, 6.45) is 2.85. The summed E-state index contributed by atoms with van der Waals surface area (Å²) in [7, 11) is -0.927. The molecule has 2 aromatic carbocycles. The molecule has 2 saturated heterocycles. The molecule has 7 rings (SSSR count). The number of fused-ring (bicyclic) bond motifs is 1. The smallest absolute Gasteiger partial charge is 0.276 e. The maximum Gasteiger partial charge on any atom is 0.276 e. The molecule has 1 N–H and O–H groups in total. The van der Waals surface area contributed by atoms with Crippen molar-refractivity contribution in [1.82, 2.24) is 20.1 Å². The summed E-state index contributed by atoms with van der Waals surface area (Å²) >= 11 is 0. The van der Waals surface area contributed by atoms with E-state index in [4.69, 9.17) is 9.47 Å². The largest absolute Gasteiger partial charge is 0.497 e. The highest BCUT2D eigenvalue weighted by molar-refractivity contribution is 7.93. The highest BCUT2D eigenvalue weighted by Crippen LogP contribution is 2.54. The fraction of sp³-hybridized carbons (Fsp3) is 0.412. The molecule has 0 bridgehead atoms. The van der Waals surface area contributed by atoms with Gasteiger partial charge in [0.2, 0.25) is 11.8 Å². The number of hydrogen-bond acceptors (Lipinski definition) is 10. The molecule has 47 heavy (non-hydrogen) atoms. The molecular weight excluding hydrogens is 620 g/mol. The van der Waals surface area contributed by atoms with Crippen LogP contribution in [0.15, 0.2) is 65.7 Å². The minimum Gasteiger partial charge on any atom is -0.497 e. The Balaban J connectivity index is 1.29. The van der Waals surface area contributed by atoms with Gasteiger partial charge in [-0.05, 0) is 86.8 Å². The molecule has 1 aliphatic carbocycles. The summed E-state index contributed by atoms with van der Waals surface area (Å²) in [6.45, 7) is 5.96. The third kappa shape index (κ3) is 4.85. The van der Waals surface area contributed by atoms with Gasteiger partial charge in [0, 0.05) is 49.9 Å². The molecule has 1 spiro atoms. The van der Waals surface area contributed by atoms with Crippen LogP contribution in [0, 0.1) is 22.7 Å². The summed E-state index contributed by atoms with van der Waals surface area (Å²) in [5, 5.41) is 12.9. The van der Waals surface area contributed by atoms with Crippen LogP contribution < -0.4 is 19.1 Å². The van der Waals surface area contributed by atoms with Gasteiger partial charge in [0.05, 0.1) is 41.5 Å². The van der Waals surface area contributed by atoms with Crippen LogP contribution in [-0.2, 0) is 25.2 Å². The van der Waals surface area contributed by atoms with Gasteiger partial charge >= 0.3 is 0 Å². The second-order valence-corrected chi connectivity index (χ2v) is 14.8. The van der Waals surface area contributed by atoms with E-state index in [1.54, 1.807) is 19.1 Å². The van der Waals surface area contributed by atoms with Crippen LogP contribution >= 0.6 is 0 Å². The van der Waals surface area contributed by atoms with Gasteiger partial charge in [-0.2, -0.15) is 9.57 Å². The number of sulfonamides is 1. The maximum absolute atomic E-state index is 15.0. The van der Waals surface area contributed by atoms with Crippen molar-refractivity contribution < 1.29 is 27.5 Å². The number of benzene rings is 2. The highest BCUT2D eigenvalue weighted by Gasteiger charge is 2.61. The molecule has 244 valence electrons. The summed E-state index contributed by atoms with van der Waals surface area (Å²) < 4.78 is 40.3. The number of methoxy groups -OCH3 is 1. The number of rotatable bonds is 9. The van der Waals surface area contributed by atoms with Crippen LogP contribution in [0.3, 0.4) is 0 Å². The standard InChI is InChI=1S/C34H36N6O6S/c1-4-46-31-27(6-5-13-36-31)34(37-30(41)23-15-33(16-23)20-39(21-33)24-18-38(2)19-24)28-14-22(17-35)7-12-29(28)40(32(34)42)47(43,44)26-10-8-25(45-3)9-11-26/h5-14,23-24H,4,15-16,18-21H2,1-3H3,(H,37,41)/t34-/m0/s1. The molecule has 3 fully saturated rings. The van der Waals surface area contributed by atoms with Crippen molar-refractivity contribution in [3.63, 3.8) is 0 Å². The quantitative estimate of drug-likeness (QED) is 0.365. The molecule has 1 saturated carbocycles. The SMILES string of the molecule is CCOc1ncccc1[C@@]1(NC(=O)C2CC3(C2)CN(C2CN(C)C2)C3)C(=O)N(S(=O)(=O)c2ccc(OC)cc2)c2ccc(C#N)cc21. The van der Waals surface area contributed by atoms with Crippen LogP contribution in [0.2, 0.25) is 0 Å². The Morgan fingerprint density at radius 1 is 1.11 bits per heavy atom. The molecule has 4 heterocycles. The van der Waals surface area contributed by atoms with Crippen molar-refractivity contribution in [2.45, 2.75) is 36.2 Å². The van der Waals surface area contributed by atoms with Crippen molar-refractivity contribution >= 4 is 27.5 Å². The van der Waals surface area contributed by atoms with Gasteiger partial charge in [-0.15, -0.1) is 0 Å². The van der Waals surface area contributed by atoms with E-state index >= 15 is 0 Å². The number of nitrogens with zero attached hydrogens (tertiary/aromatic N) is 5. The predicted octanol–water partition coefficient (Wildman–Crippen LogP) is 2.48. The molecule has 13 heteroatoms. The number of nitrogens with one attached hydrogen (secondary N) is 1. The van der Waals surface area contributed by atoms with E-state index in [9.17, 15) is 23.3 Å². The fourth-order valence-electron chi connectivity index (χ4n) is 7.61. The monoisotopic (exact) mass is 656 g/mol. The van der Waals surface area contributed by atoms with Crippen LogP contribution in [0.25, 0.3) is 0 Å². The average molecular weight is 657 g/mol. The Morgan fingerprint density at radius 2 is 1.83 bits per heavy atom. The van der Waals surface area contributed by atoms with Crippen LogP contribution in [-0.4, -0.2) is 88.0 Å². The van der Waals surface area contributed by atoms with E-state index in [0.29, 0.717) is 24.6 Å². The van der Waals surface area contributed by atoms with Gasteiger partial charge in [-0.3, -0.25) is 14.5 Å². The molecule has 1 aromatic heterocycles. The van der Waals surface area contributed by atoms with E-state index in [1.807, 2.05) is 0 Å². The number of carbonyl (C=O) groups is 2. The number of hydrogen-bond donors (Lipinski definition) is 1. The lowest BCUT2D eigenvalue weighted by atomic mass is 9.57. The Kier molecular flexibility index (Phi) is 7.50. The first-order valence-corrected chi connectivity index (χ1v) is 17.1. The van der Waals surface area contributed by atoms with Gasteiger partial charge < -0.3 is 19.7 Å². The Hall–Kier alpha value is -4.51. The molecule has 0 unspecified atom stereocenters. The lowest BCUT2D eigenvalue weighted by Crippen LogP contribution is -2.71. The summed E-state index contributed by atoms with van der Waals surface area (Å²) in [5.74, 6) is -1.13. The second kappa shape index (κ2) is 11.3. The van der Waals surface area contributed by atoms with Crippen molar-refractivity contribution in [1.29, 1.82) is 5.26 Å². The van der Waals surface area contributed by atoms with Crippen molar-refractivity contribution in [2.24, 2.45) is 11.3 Å². The summed E-state index contributed by atoms with van der Waals surface area (Å²) in [6, 6.07) is 15.9. The number of ether oxygens (including phenoxy) is 2. The summed E-state index contributed by atoms with van der Waals surface area (Å²) in [5.41, 5.74) is -1.41. The van der Waals surface area contributed by atoms with Crippen molar-refractivity contribution in [3.8, 4) is 17.7 Å². The average Bonchev–Trinajstić information content (AvgIpc) is 3.26. The van der Waals surface area contributed by atoms with Crippen LogP contribution in [0.5, 0.6) is 11.6 Å². The topological polar surface area (TPSA) is 145 Å². The number of carbonyl (C=O) groups excluding carboxylic acids is 2. The van der Waals surface area contributed by atoms with E-state index in [1.165, 1.54) is 55.8 Å². The van der Waals surface area contributed by atoms with E-state index in [0.717, 1.165) is 30.5 Å². The molecule has 2 amide bonds. The van der Waals surface area contributed by atoms with Crippen LogP contribution in [0.4, 0.5) is 5.69 Å². The molecule has 3 aromatic rings. The number of likely N-dealkylation sites (N-methyl/N-ethyl adjacent to an activating group) is 1. The Bertz CT molecular complexity index is 1890. The minimum atomic E-state index is -4.50. The number of anilines is 1. The third-order valence-electron chi connectivity index (χ3n) is 9.99. The lowest BCUT2D eigenvalue weighted by Gasteiger charge is -2.62. The molecule has 1 atom stereocenters. The molecule has 3 aliphatic heterocycles. The number of nitriles is 1. The summed E-state index contributed by atoms with van der Waals surface area (Å²) in [4.78, 5) is 38.1. The fourth-order valence-corrected chi connectivity index (χ4v) is 9.08. The van der Waals surface area contributed by atoms with Crippen molar-refractivity contribution in [2.75, 3.05) is 51.2 Å². The minimum absolute atomic E-state index is 0.0293. The van der Waals surface area contributed by atoms with E-state index in [2.05, 4.69) is 33.2 Å². The number of aromatic nitrogens is 1. The van der Waals surface area contributed by atoms with Gasteiger partial charge in [-0.1, -0.05) is 0 Å². The molecule has 12 nitrogen and oxygen atoms in total. The zero-order valence-electron chi connectivity index (χ0n) is 26.5. The van der Waals surface area contributed by atoms with Crippen molar-refractivity contribution in [3.05, 3.63) is 77.5 Å². The number of likely N-dealkylation sites (tertiary alicyclic amines) is 2. The second-order valence-electron chi connectivity index (χ2n) is 13.0. The van der Waals surface area contributed by atoms with E-state index < -0.39 is 21.5 Å². The molecule has 4 aliphatic rings. The normalized spacial score (nSPS) is 22.5. The van der Waals surface area contributed by atoms with E-state index in [-0.39, 0.29) is 57.0 Å². The van der Waals surface area contributed by atoms with Gasteiger partial charge in [0.15, 0.2) is 5.54 Å². The predicted molar refractivity (Wildman–Crippen MR) is 171 cm³/mol. The number of amides is 2. The highest BCUT2D eigenvalue weighted by atomic mass is 32.2. The Labute approximate surface area is 273 Å². The molecular formula is C34H36N6O6S. The van der Waals surface area contributed by atoms with Crippen LogP contribution in [0.1, 0.15) is 36.5 Å². The molecule has 0 radical (unpaired) electrons. The maximum atomic E-state index is 15.0. The first-order valence-electron chi connectivity index (χ1n) is 15.7. The third-order valence-corrected chi connectivity index (χ3v) is 11.7. The lowest BCUT2D eigenvalue weighted by molar-refractivity contribution is -0.157. The zero-order chi connectivity index (χ0) is 33.1. The number of pyridine rings is 1.